The smallest absolute Gasteiger partial charge is 0.306 e. The minimum absolute atomic E-state index is 0.0962. The van der Waals surface area contributed by atoms with E-state index in [1.54, 1.807) is 0 Å². The Kier molecular flexibility index (Phi) is 64.8. The molecule has 0 aromatic rings. The first-order valence-corrected chi connectivity index (χ1v) is 34.0. The number of rotatable bonds is 61. The van der Waals surface area contributed by atoms with Gasteiger partial charge >= 0.3 is 17.9 Å². The molecule has 0 bridgehead atoms. The predicted molar refractivity (Wildman–Crippen MR) is 353 cm³/mol. The molecule has 0 radical (unpaired) electrons. The van der Waals surface area contributed by atoms with Crippen molar-refractivity contribution >= 4 is 17.9 Å². The maximum Gasteiger partial charge on any atom is 0.306 e. The predicted octanol–water partition coefficient (Wildman–Crippen LogP) is 23.6. The Balaban J connectivity index is 4.28. The molecule has 0 N–H and O–H groups in total. The van der Waals surface area contributed by atoms with E-state index in [1.807, 2.05) is 0 Å². The first-order valence-electron chi connectivity index (χ1n) is 34.0. The van der Waals surface area contributed by atoms with Crippen LogP contribution in [0.5, 0.6) is 0 Å². The quantitative estimate of drug-likeness (QED) is 0.0261. The van der Waals surface area contributed by atoms with E-state index in [9.17, 15) is 14.4 Å². The largest absolute Gasteiger partial charge is 0.462 e. The van der Waals surface area contributed by atoms with E-state index in [0.29, 0.717) is 19.3 Å². The summed E-state index contributed by atoms with van der Waals surface area (Å²) in [5.41, 5.74) is 0. The molecule has 0 saturated heterocycles. The highest BCUT2D eigenvalue weighted by Crippen LogP contribution is 2.16. The van der Waals surface area contributed by atoms with Crippen molar-refractivity contribution in [1.29, 1.82) is 0 Å². The number of unbranched alkanes of at least 4 members (excludes halogenated alkanes) is 30. The van der Waals surface area contributed by atoms with E-state index in [-0.39, 0.29) is 31.1 Å². The van der Waals surface area contributed by atoms with E-state index in [4.69, 9.17) is 14.2 Å². The van der Waals surface area contributed by atoms with Gasteiger partial charge in [-0.05, 0) is 128 Å². The summed E-state index contributed by atoms with van der Waals surface area (Å²) in [4.78, 5) is 38.3. The molecule has 0 fully saturated rings. The molecule has 6 heteroatoms. The lowest BCUT2D eigenvalue weighted by atomic mass is 10.0. The molecule has 0 aromatic heterocycles. The lowest BCUT2D eigenvalue weighted by molar-refractivity contribution is -0.167. The van der Waals surface area contributed by atoms with Gasteiger partial charge in [0.25, 0.3) is 0 Å². The van der Waals surface area contributed by atoms with Crippen molar-refractivity contribution < 1.29 is 28.6 Å². The van der Waals surface area contributed by atoms with E-state index in [2.05, 4.69) is 142 Å². The van der Waals surface area contributed by atoms with Gasteiger partial charge in [0.15, 0.2) is 6.10 Å². The van der Waals surface area contributed by atoms with Gasteiger partial charge in [0.2, 0.25) is 0 Å². The molecule has 0 aromatic carbocycles. The van der Waals surface area contributed by atoms with Gasteiger partial charge in [-0.1, -0.05) is 290 Å². The fraction of sp³-hybridized carbons (Fsp3) is 0.693. The van der Waals surface area contributed by atoms with Crippen LogP contribution in [0.2, 0.25) is 0 Å². The molecule has 0 rings (SSSR count). The van der Waals surface area contributed by atoms with Crippen LogP contribution in [-0.4, -0.2) is 37.2 Å². The van der Waals surface area contributed by atoms with Crippen LogP contribution in [0.25, 0.3) is 0 Å². The molecule has 81 heavy (non-hydrogen) atoms. The van der Waals surface area contributed by atoms with Crippen molar-refractivity contribution in [3.63, 3.8) is 0 Å². The van der Waals surface area contributed by atoms with Crippen LogP contribution in [-0.2, 0) is 28.6 Å². The SMILES string of the molecule is CC/C=C\C/C=C\C/C=C\C/C=C\CCCCC(=O)OCC(COC(=O)CCCCCCCCCCCCCCCCCC/C=C\C/C=C\C/C=C\CCCCCCC)OC(=O)CCCCCCCCC/C=C\C/C=C\C/C=C\CC. The highest BCUT2D eigenvalue weighted by Gasteiger charge is 2.19. The van der Waals surface area contributed by atoms with Gasteiger partial charge in [0, 0.05) is 19.3 Å². The van der Waals surface area contributed by atoms with Crippen LogP contribution in [0.4, 0.5) is 0 Å². The fourth-order valence-corrected chi connectivity index (χ4v) is 9.40. The average molecular weight is 1120 g/mol. The van der Waals surface area contributed by atoms with Crippen LogP contribution >= 0.6 is 0 Å². The molecular formula is C75H126O6. The van der Waals surface area contributed by atoms with Crippen molar-refractivity contribution in [1.82, 2.24) is 0 Å². The third kappa shape index (κ3) is 66.5. The number of carbonyl (C=O) groups excluding carboxylic acids is 3. The number of hydrogen-bond acceptors (Lipinski definition) is 6. The van der Waals surface area contributed by atoms with Gasteiger partial charge < -0.3 is 14.2 Å². The van der Waals surface area contributed by atoms with E-state index in [1.165, 1.54) is 154 Å². The number of allylic oxidation sites excluding steroid dienone is 20. The van der Waals surface area contributed by atoms with Gasteiger partial charge in [0.05, 0.1) is 0 Å². The lowest BCUT2D eigenvalue weighted by Crippen LogP contribution is -2.30. The zero-order chi connectivity index (χ0) is 58.5. The molecule has 0 spiro atoms. The standard InChI is InChI=1S/C75H126O6/c1-4-7-10-13-16-19-22-25-28-30-31-32-33-34-35-36-37-38-39-40-41-42-43-45-47-50-53-56-59-62-65-68-74(77)80-71-72(70-79-73(76)67-64-61-58-55-52-49-46-27-24-21-18-15-12-9-6-3)81-75(78)69-66-63-60-57-54-51-48-44-29-26-23-20-17-14-11-8-5-2/h8-9,11-12,17-18,20-22,25-27,29-31,33-34,46,52,55,72H,4-7,10,13-16,19,23-24,28,32,35-45,47-51,53-54,56-71H2,1-3H3/b11-8-,12-9-,20-17-,21-18-,25-22-,29-26-,31-30-,34-33-,46-27-,55-52-. The van der Waals surface area contributed by atoms with Gasteiger partial charge in [-0.2, -0.15) is 0 Å². The third-order valence-electron chi connectivity index (χ3n) is 14.4. The third-order valence-corrected chi connectivity index (χ3v) is 14.4. The summed E-state index contributed by atoms with van der Waals surface area (Å²) < 4.78 is 16.9. The van der Waals surface area contributed by atoms with Crippen LogP contribution in [0.1, 0.15) is 316 Å². The van der Waals surface area contributed by atoms with E-state index in [0.717, 1.165) is 122 Å². The molecule has 462 valence electrons. The van der Waals surface area contributed by atoms with Crippen molar-refractivity contribution in [2.24, 2.45) is 0 Å². The Bertz CT molecular complexity index is 1670. The Labute approximate surface area is 501 Å². The van der Waals surface area contributed by atoms with Crippen molar-refractivity contribution in [3.05, 3.63) is 122 Å². The van der Waals surface area contributed by atoms with Gasteiger partial charge in [-0.25, -0.2) is 0 Å². The second-order valence-corrected chi connectivity index (χ2v) is 22.3. The summed E-state index contributed by atoms with van der Waals surface area (Å²) in [7, 11) is 0. The maximum atomic E-state index is 12.9. The summed E-state index contributed by atoms with van der Waals surface area (Å²) in [6.45, 7) is 6.38. The minimum Gasteiger partial charge on any atom is -0.462 e. The van der Waals surface area contributed by atoms with Crippen LogP contribution in [0.3, 0.4) is 0 Å². The molecule has 1 atom stereocenters. The molecule has 0 saturated carbocycles. The summed E-state index contributed by atoms with van der Waals surface area (Å²) in [5, 5.41) is 0. The molecular weight excluding hydrogens is 997 g/mol. The second kappa shape index (κ2) is 68.3. The number of ether oxygens (including phenoxy) is 3. The van der Waals surface area contributed by atoms with Gasteiger partial charge in [-0.3, -0.25) is 14.4 Å². The molecule has 6 nitrogen and oxygen atoms in total. The Morgan fingerprint density at radius 2 is 0.481 bits per heavy atom. The Hall–Kier alpha value is -4.19. The van der Waals surface area contributed by atoms with Gasteiger partial charge in [0.1, 0.15) is 13.2 Å². The summed E-state index contributed by atoms with van der Waals surface area (Å²) in [5.74, 6) is -0.942. The molecule has 0 aliphatic carbocycles. The minimum atomic E-state index is -0.804. The number of esters is 3. The van der Waals surface area contributed by atoms with Crippen molar-refractivity contribution in [2.75, 3.05) is 13.2 Å². The fourth-order valence-electron chi connectivity index (χ4n) is 9.40. The average Bonchev–Trinajstić information content (AvgIpc) is 3.47. The highest BCUT2D eigenvalue weighted by molar-refractivity contribution is 5.71. The van der Waals surface area contributed by atoms with Crippen molar-refractivity contribution in [3.8, 4) is 0 Å². The van der Waals surface area contributed by atoms with Crippen LogP contribution < -0.4 is 0 Å². The molecule has 0 heterocycles. The van der Waals surface area contributed by atoms with E-state index >= 15 is 0 Å². The summed E-state index contributed by atoms with van der Waals surface area (Å²) in [6.07, 6.45) is 95.1. The van der Waals surface area contributed by atoms with Crippen LogP contribution in [0.15, 0.2) is 122 Å². The normalized spacial score (nSPS) is 12.9. The number of carbonyl (C=O) groups is 3. The zero-order valence-corrected chi connectivity index (χ0v) is 53.0. The lowest BCUT2D eigenvalue weighted by Gasteiger charge is -2.18. The monoisotopic (exact) mass is 1120 g/mol. The zero-order valence-electron chi connectivity index (χ0n) is 53.0. The molecule has 0 amide bonds. The number of hydrogen-bond donors (Lipinski definition) is 0. The van der Waals surface area contributed by atoms with Crippen molar-refractivity contribution in [2.45, 2.75) is 322 Å². The van der Waals surface area contributed by atoms with E-state index < -0.39 is 6.10 Å². The Morgan fingerprint density at radius 3 is 0.778 bits per heavy atom. The Morgan fingerprint density at radius 1 is 0.259 bits per heavy atom. The summed E-state index contributed by atoms with van der Waals surface area (Å²) >= 11 is 0. The second-order valence-electron chi connectivity index (χ2n) is 22.3. The maximum absolute atomic E-state index is 12.9. The molecule has 0 aliphatic rings. The topological polar surface area (TPSA) is 78.9 Å². The van der Waals surface area contributed by atoms with Crippen LogP contribution in [0, 0.1) is 0 Å². The first kappa shape index (κ1) is 76.8. The highest BCUT2D eigenvalue weighted by atomic mass is 16.6. The molecule has 0 aliphatic heterocycles. The molecule has 1 unspecified atom stereocenters. The summed E-state index contributed by atoms with van der Waals surface area (Å²) in [6, 6.07) is 0. The first-order chi connectivity index (χ1) is 40.0. The van der Waals surface area contributed by atoms with Gasteiger partial charge in [-0.15, -0.1) is 0 Å².